The van der Waals surface area contributed by atoms with Gasteiger partial charge >= 0.3 is 0 Å². The molecule has 1 aromatic carbocycles. The summed E-state index contributed by atoms with van der Waals surface area (Å²) in [7, 11) is 0. The van der Waals surface area contributed by atoms with E-state index >= 15 is 0 Å². The minimum absolute atomic E-state index is 1.03. The Morgan fingerprint density at radius 1 is 0.682 bits per heavy atom. The monoisotopic (exact) mass is 302 g/mol. The lowest BCUT2D eigenvalue weighted by molar-refractivity contribution is 0.352. The highest BCUT2D eigenvalue weighted by Crippen LogP contribution is 2.20. The number of anilines is 2. The molecule has 2 saturated heterocycles. The van der Waals surface area contributed by atoms with E-state index in [1.54, 1.807) is 0 Å². The first kappa shape index (κ1) is 15.6. The van der Waals surface area contributed by atoms with E-state index in [4.69, 9.17) is 0 Å². The van der Waals surface area contributed by atoms with Crippen molar-refractivity contribution in [3.63, 3.8) is 0 Å². The molecule has 0 aliphatic carbocycles. The molecule has 3 rings (SSSR count). The molecule has 0 aromatic heterocycles. The van der Waals surface area contributed by atoms with Gasteiger partial charge in [-0.25, -0.2) is 0 Å². The van der Waals surface area contributed by atoms with Gasteiger partial charge in [0.15, 0.2) is 0 Å². The van der Waals surface area contributed by atoms with Crippen molar-refractivity contribution in [2.75, 3.05) is 63.0 Å². The Morgan fingerprint density at radius 3 is 1.50 bits per heavy atom. The number of likely N-dealkylation sites (tertiary alicyclic amines) is 2. The summed E-state index contributed by atoms with van der Waals surface area (Å²) in [5.41, 5.74) is 2.48. The fraction of sp³-hybridized carbons (Fsp3) is 0.667. The molecule has 0 unspecified atom stereocenters. The number of benzene rings is 1. The van der Waals surface area contributed by atoms with Crippen molar-refractivity contribution in [3.8, 4) is 0 Å². The minimum atomic E-state index is 1.03. The van der Waals surface area contributed by atoms with Gasteiger partial charge in [0.1, 0.15) is 0 Å². The molecule has 2 aliphatic heterocycles. The molecular weight excluding hydrogens is 272 g/mol. The van der Waals surface area contributed by atoms with Crippen molar-refractivity contribution >= 4 is 11.4 Å². The molecule has 2 N–H and O–H groups in total. The van der Waals surface area contributed by atoms with Crippen LogP contribution in [0.1, 0.15) is 25.7 Å². The smallest absolute Gasteiger partial charge is 0.0576 e. The summed E-state index contributed by atoms with van der Waals surface area (Å²) in [6.07, 6.45) is 5.48. The van der Waals surface area contributed by atoms with Crippen molar-refractivity contribution in [2.24, 2.45) is 0 Å². The van der Waals surface area contributed by atoms with Crippen molar-refractivity contribution in [2.45, 2.75) is 25.7 Å². The average Bonchev–Trinajstić information content (AvgIpc) is 3.22. The third-order valence-electron chi connectivity index (χ3n) is 4.81. The van der Waals surface area contributed by atoms with Crippen LogP contribution in [0.15, 0.2) is 24.3 Å². The van der Waals surface area contributed by atoms with Crippen molar-refractivity contribution in [1.82, 2.24) is 9.80 Å². The SMILES string of the molecule is c1ccc(NCCN2CCCC2)c(NCCN2CCCC2)c1. The van der Waals surface area contributed by atoms with E-state index in [1.165, 1.54) is 63.2 Å². The number of nitrogens with zero attached hydrogens (tertiary/aromatic N) is 2. The maximum atomic E-state index is 3.60. The van der Waals surface area contributed by atoms with Gasteiger partial charge in [0.05, 0.1) is 11.4 Å². The maximum Gasteiger partial charge on any atom is 0.0576 e. The normalized spacial score (nSPS) is 19.6. The predicted octanol–water partition coefficient (Wildman–Crippen LogP) is 2.70. The third kappa shape index (κ3) is 4.62. The molecule has 2 aliphatic rings. The summed E-state index contributed by atoms with van der Waals surface area (Å²) in [5.74, 6) is 0. The Bertz CT molecular complexity index is 395. The van der Waals surface area contributed by atoms with Crippen molar-refractivity contribution in [3.05, 3.63) is 24.3 Å². The van der Waals surface area contributed by atoms with E-state index in [9.17, 15) is 0 Å². The molecule has 4 heteroatoms. The summed E-state index contributed by atoms with van der Waals surface area (Å²) in [4.78, 5) is 5.10. The van der Waals surface area contributed by atoms with E-state index in [1.807, 2.05) is 0 Å². The van der Waals surface area contributed by atoms with Crippen LogP contribution < -0.4 is 10.6 Å². The lowest BCUT2D eigenvalue weighted by atomic mass is 10.2. The Hall–Kier alpha value is -1.26. The second kappa shape index (κ2) is 8.39. The predicted molar refractivity (Wildman–Crippen MR) is 94.8 cm³/mol. The van der Waals surface area contributed by atoms with Crippen LogP contribution in [-0.4, -0.2) is 62.2 Å². The molecule has 0 amide bonds. The van der Waals surface area contributed by atoms with E-state index in [-0.39, 0.29) is 0 Å². The van der Waals surface area contributed by atoms with E-state index in [2.05, 4.69) is 44.7 Å². The van der Waals surface area contributed by atoms with Gasteiger partial charge in [-0.15, -0.1) is 0 Å². The maximum absolute atomic E-state index is 3.60. The average molecular weight is 302 g/mol. The summed E-state index contributed by atoms with van der Waals surface area (Å²) < 4.78 is 0. The summed E-state index contributed by atoms with van der Waals surface area (Å²) >= 11 is 0. The summed E-state index contributed by atoms with van der Waals surface area (Å²) in [6, 6.07) is 8.60. The van der Waals surface area contributed by atoms with Gasteiger partial charge in [0, 0.05) is 26.2 Å². The summed E-state index contributed by atoms with van der Waals surface area (Å²) in [6.45, 7) is 9.48. The zero-order valence-electron chi connectivity index (χ0n) is 13.7. The largest absolute Gasteiger partial charge is 0.382 e. The van der Waals surface area contributed by atoms with Crippen LogP contribution in [0.3, 0.4) is 0 Å². The minimum Gasteiger partial charge on any atom is -0.382 e. The van der Waals surface area contributed by atoms with E-state index in [0.29, 0.717) is 0 Å². The van der Waals surface area contributed by atoms with Gasteiger partial charge in [0.2, 0.25) is 0 Å². The standard InChI is InChI=1S/C18H30N4/c1-2-8-18(20-10-16-22-13-5-6-14-22)17(7-1)19-9-15-21-11-3-4-12-21/h1-2,7-8,19-20H,3-6,9-16H2. The second-order valence-electron chi connectivity index (χ2n) is 6.50. The van der Waals surface area contributed by atoms with Gasteiger partial charge in [-0.1, -0.05) is 12.1 Å². The van der Waals surface area contributed by atoms with Crippen LogP contribution in [0, 0.1) is 0 Å². The van der Waals surface area contributed by atoms with Gasteiger partial charge < -0.3 is 20.4 Å². The molecule has 1 aromatic rings. The van der Waals surface area contributed by atoms with Gasteiger partial charge in [-0.3, -0.25) is 0 Å². The fourth-order valence-corrected chi connectivity index (χ4v) is 3.50. The molecule has 122 valence electrons. The molecule has 0 bridgehead atoms. The number of para-hydroxylation sites is 2. The van der Waals surface area contributed by atoms with Crippen LogP contribution in [-0.2, 0) is 0 Å². The molecular formula is C18H30N4. The Labute approximate surface area is 134 Å². The zero-order valence-corrected chi connectivity index (χ0v) is 13.7. The van der Waals surface area contributed by atoms with Crippen LogP contribution >= 0.6 is 0 Å². The second-order valence-corrected chi connectivity index (χ2v) is 6.50. The molecule has 2 fully saturated rings. The Balaban J connectivity index is 1.42. The lowest BCUT2D eigenvalue weighted by Crippen LogP contribution is -2.27. The number of nitrogens with one attached hydrogen (secondary N) is 2. The van der Waals surface area contributed by atoms with Gasteiger partial charge in [0.25, 0.3) is 0 Å². The molecule has 0 saturated carbocycles. The van der Waals surface area contributed by atoms with Crippen molar-refractivity contribution < 1.29 is 0 Å². The molecule has 0 spiro atoms. The summed E-state index contributed by atoms with van der Waals surface area (Å²) in [5, 5.41) is 7.20. The lowest BCUT2D eigenvalue weighted by Gasteiger charge is -2.19. The topological polar surface area (TPSA) is 30.5 Å². The molecule has 4 nitrogen and oxygen atoms in total. The Kier molecular flexibility index (Phi) is 5.96. The first-order valence-corrected chi connectivity index (χ1v) is 8.93. The zero-order chi connectivity index (χ0) is 15.0. The highest BCUT2D eigenvalue weighted by atomic mass is 15.2. The number of rotatable bonds is 8. The molecule has 22 heavy (non-hydrogen) atoms. The highest BCUT2D eigenvalue weighted by molar-refractivity contribution is 5.68. The highest BCUT2D eigenvalue weighted by Gasteiger charge is 2.12. The molecule has 0 atom stereocenters. The first-order chi connectivity index (χ1) is 10.9. The number of hydrogen-bond donors (Lipinski definition) is 2. The van der Waals surface area contributed by atoms with Gasteiger partial charge in [-0.2, -0.15) is 0 Å². The molecule has 0 radical (unpaired) electrons. The molecule has 2 heterocycles. The van der Waals surface area contributed by atoms with E-state index in [0.717, 1.165) is 26.2 Å². The van der Waals surface area contributed by atoms with Crippen LogP contribution in [0.25, 0.3) is 0 Å². The quantitative estimate of drug-likeness (QED) is 0.773. The third-order valence-corrected chi connectivity index (χ3v) is 4.81. The van der Waals surface area contributed by atoms with Crippen LogP contribution in [0.5, 0.6) is 0 Å². The first-order valence-electron chi connectivity index (χ1n) is 8.93. The fourth-order valence-electron chi connectivity index (χ4n) is 3.50. The number of hydrogen-bond acceptors (Lipinski definition) is 4. The van der Waals surface area contributed by atoms with E-state index < -0.39 is 0 Å². The van der Waals surface area contributed by atoms with Gasteiger partial charge in [-0.05, 0) is 64.0 Å². The van der Waals surface area contributed by atoms with Crippen LogP contribution in [0.2, 0.25) is 0 Å². The van der Waals surface area contributed by atoms with Crippen molar-refractivity contribution in [1.29, 1.82) is 0 Å². The Morgan fingerprint density at radius 2 is 1.09 bits per heavy atom. The van der Waals surface area contributed by atoms with Crippen LogP contribution in [0.4, 0.5) is 11.4 Å².